The molecule has 78 valence electrons. The zero-order chi connectivity index (χ0) is 9.50. The SMILES string of the molecule is C[PH](C)(C)[Pd]([I])([I])[PH](C)(C)C. The van der Waals surface area contributed by atoms with Gasteiger partial charge in [-0.1, -0.05) is 0 Å². The summed E-state index contributed by atoms with van der Waals surface area (Å²) in [5, 5.41) is 0. The Morgan fingerprint density at radius 3 is 0.909 bits per heavy atom. The minimum atomic E-state index is -1.01. The van der Waals surface area contributed by atoms with E-state index in [2.05, 4.69) is 79.0 Å². The van der Waals surface area contributed by atoms with Crippen LogP contribution < -0.4 is 0 Å². The van der Waals surface area contributed by atoms with Gasteiger partial charge in [-0.3, -0.25) is 0 Å². The van der Waals surface area contributed by atoms with E-state index in [4.69, 9.17) is 0 Å². The molecule has 0 spiro atoms. The Morgan fingerprint density at radius 1 is 0.727 bits per heavy atom. The van der Waals surface area contributed by atoms with Crippen molar-refractivity contribution < 1.29 is 7.32 Å². The third-order valence-corrected chi connectivity index (χ3v) is 111. The van der Waals surface area contributed by atoms with Crippen molar-refractivity contribution in [1.82, 2.24) is 0 Å². The second kappa shape index (κ2) is 4.23. The van der Waals surface area contributed by atoms with Crippen molar-refractivity contribution in [2.75, 3.05) is 40.0 Å². The van der Waals surface area contributed by atoms with Crippen LogP contribution in [0.25, 0.3) is 0 Å². The van der Waals surface area contributed by atoms with Crippen LogP contribution in [0.5, 0.6) is 0 Å². The van der Waals surface area contributed by atoms with Gasteiger partial charge in [-0.25, -0.2) is 0 Å². The van der Waals surface area contributed by atoms with Crippen molar-refractivity contribution in [3.05, 3.63) is 0 Å². The average Bonchev–Trinajstić information content (AvgIpc) is 1.58. The molecule has 0 bridgehead atoms. The fourth-order valence-electron chi connectivity index (χ4n) is 0.712. The summed E-state index contributed by atoms with van der Waals surface area (Å²) in [6.07, 6.45) is 0. The standard InChI is InChI=1S/2C3H9P.2HI.Pd/c2*1-4(2)3;;;/h2*1-3H3;2*1H;. The Labute approximate surface area is 95.7 Å². The molecule has 0 aliphatic carbocycles. The van der Waals surface area contributed by atoms with Crippen molar-refractivity contribution in [2.45, 2.75) is 0 Å². The van der Waals surface area contributed by atoms with E-state index >= 15 is 0 Å². The molecule has 0 unspecified atom stereocenters. The van der Waals surface area contributed by atoms with Gasteiger partial charge in [0.05, 0.1) is 0 Å². The molecule has 0 saturated heterocycles. The first-order valence-electron chi connectivity index (χ1n) is 3.56. The molecule has 0 nitrogen and oxygen atoms in total. The average molecular weight is 514 g/mol. The van der Waals surface area contributed by atoms with Crippen LogP contribution in [0.15, 0.2) is 0 Å². The third-order valence-electron chi connectivity index (χ3n) is 1.19. The third kappa shape index (κ3) is 3.56. The fraction of sp³-hybridized carbons (Fsp3) is 1.00. The Morgan fingerprint density at radius 2 is 0.909 bits per heavy atom. The fourth-order valence-corrected chi connectivity index (χ4v) is 37.9. The van der Waals surface area contributed by atoms with Gasteiger partial charge in [0.15, 0.2) is 0 Å². The van der Waals surface area contributed by atoms with Gasteiger partial charge >= 0.3 is 97.2 Å². The molecule has 5 heteroatoms. The van der Waals surface area contributed by atoms with Crippen LogP contribution in [0.1, 0.15) is 0 Å². The summed E-state index contributed by atoms with van der Waals surface area (Å²) >= 11 is 5.70. The van der Waals surface area contributed by atoms with E-state index in [0.717, 1.165) is 0 Å². The van der Waals surface area contributed by atoms with Gasteiger partial charge in [0, 0.05) is 0 Å². The number of hydrogen-bond acceptors (Lipinski definition) is 0. The quantitative estimate of drug-likeness (QED) is 0.298. The number of hydrogen-bond donors (Lipinski definition) is 0. The van der Waals surface area contributed by atoms with Gasteiger partial charge in [0.25, 0.3) is 0 Å². The molecule has 0 amide bonds. The summed E-state index contributed by atoms with van der Waals surface area (Å²) in [5.41, 5.74) is -1.67. The molecule has 0 atom stereocenters. The van der Waals surface area contributed by atoms with E-state index in [-0.39, 0.29) is 0 Å². The molecule has 0 aliphatic rings. The first kappa shape index (κ1) is 14.0. The zero-order valence-electron chi connectivity index (χ0n) is 8.07. The number of halogens is 2. The van der Waals surface area contributed by atoms with E-state index in [9.17, 15) is 0 Å². The van der Waals surface area contributed by atoms with Crippen LogP contribution in [-0.2, 0) is 7.32 Å². The molecule has 0 radical (unpaired) electrons. The van der Waals surface area contributed by atoms with Crippen molar-refractivity contribution in [3.63, 3.8) is 0 Å². The Balaban J connectivity index is 4.75. The molecule has 0 aromatic heterocycles. The molecule has 11 heavy (non-hydrogen) atoms. The van der Waals surface area contributed by atoms with Gasteiger partial charge in [0.1, 0.15) is 0 Å². The van der Waals surface area contributed by atoms with Crippen LogP contribution in [0.2, 0.25) is 0 Å². The van der Waals surface area contributed by atoms with Gasteiger partial charge in [-0.2, -0.15) is 0 Å². The molecule has 0 rings (SSSR count). The summed E-state index contributed by atoms with van der Waals surface area (Å²) < 4.78 is 0. The van der Waals surface area contributed by atoms with Gasteiger partial charge in [0.2, 0.25) is 0 Å². The van der Waals surface area contributed by atoms with Crippen LogP contribution in [0.3, 0.4) is 0 Å². The molecular formula is C6H20I2P2Pd. The van der Waals surface area contributed by atoms with Gasteiger partial charge < -0.3 is 0 Å². The molecule has 0 aromatic carbocycles. The van der Waals surface area contributed by atoms with Crippen molar-refractivity contribution in [3.8, 4) is 0 Å². The van der Waals surface area contributed by atoms with Crippen molar-refractivity contribution in [2.24, 2.45) is 0 Å². The minimum absolute atomic E-state index is 0.835. The van der Waals surface area contributed by atoms with E-state index in [1.165, 1.54) is 0 Å². The second-order valence-corrected chi connectivity index (χ2v) is 70.5. The topological polar surface area (TPSA) is 0 Å². The Kier molecular flexibility index (Phi) is 5.38. The van der Waals surface area contributed by atoms with Crippen molar-refractivity contribution >= 4 is 49.9 Å². The maximum atomic E-state index is 2.85. The zero-order valence-corrected chi connectivity index (χ0v) is 15.9. The number of rotatable bonds is 2. The van der Waals surface area contributed by atoms with E-state index in [1.807, 2.05) is 0 Å². The molecule has 0 fully saturated rings. The Bertz CT molecular complexity index is 130. The second-order valence-electron chi connectivity index (χ2n) is 4.31. The summed E-state index contributed by atoms with van der Waals surface area (Å²) in [5.74, 6) is 0. The van der Waals surface area contributed by atoms with Crippen molar-refractivity contribution in [1.29, 1.82) is 0 Å². The van der Waals surface area contributed by atoms with Crippen LogP contribution >= 0.6 is 49.9 Å². The monoisotopic (exact) mass is 514 g/mol. The predicted octanol–water partition coefficient (Wildman–Crippen LogP) is 3.95. The summed E-state index contributed by atoms with van der Waals surface area (Å²) in [4.78, 5) is 0. The summed E-state index contributed by atoms with van der Waals surface area (Å²) in [6, 6.07) is 0. The molecule has 0 heterocycles. The maximum absolute atomic E-state index is 2.85. The van der Waals surface area contributed by atoms with E-state index in [1.54, 1.807) is 0 Å². The first-order valence-corrected chi connectivity index (χ1v) is 24.1. The van der Waals surface area contributed by atoms with Gasteiger partial charge in [-0.05, 0) is 0 Å². The summed E-state index contributed by atoms with van der Waals surface area (Å²) in [7, 11) is -1.01. The molecule has 0 aliphatic heterocycles. The van der Waals surface area contributed by atoms with Crippen LogP contribution in [0, 0.1) is 0 Å². The van der Waals surface area contributed by atoms with E-state index in [0.29, 0.717) is 0 Å². The summed E-state index contributed by atoms with van der Waals surface area (Å²) in [6.45, 7) is 15.3. The molecular weight excluding hydrogens is 494 g/mol. The first-order chi connectivity index (χ1) is 4.50. The van der Waals surface area contributed by atoms with Crippen LogP contribution in [-0.4, -0.2) is 40.0 Å². The van der Waals surface area contributed by atoms with Crippen LogP contribution in [0.4, 0.5) is 0 Å². The van der Waals surface area contributed by atoms with Gasteiger partial charge in [-0.15, -0.1) is 0 Å². The molecule has 0 saturated carbocycles. The predicted molar refractivity (Wildman–Crippen MR) is 80.2 cm³/mol. The van der Waals surface area contributed by atoms with E-state index < -0.39 is 18.2 Å². The molecule has 0 aromatic rings. The normalized spacial score (nSPS) is 19.6. The molecule has 0 N–H and O–H groups in total. The Hall–Kier alpha value is 2.98.